The molecule has 2 aliphatic rings. The lowest BCUT2D eigenvalue weighted by molar-refractivity contribution is -0.133. The van der Waals surface area contributed by atoms with Gasteiger partial charge in [0.25, 0.3) is 0 Å². The Labute approximate surface area is 152 Å². The Kier molecular flexibility index (Phi) is 7.11. The molecule has 2 fully saturated rings. The first-order valence-corrected chi connectivity index (χ1v) is 9.72. The second kappa shape index (κ2) is 8.88. The molecule has 2 amide bonds. The highest BCUT2D eigenvalue weighted by Gasteiger charge is 2.30. The molecule has 0 atom stereocenters. The predicted molar refractivity (Wildman–Crippen MR) is 98.5 cm³/mol. The van der Waals surface area contributed by atoms with Gasteiger partial charge in [-0.2, -0.15) is 0 Å². The Morgan fingerprint density at radius 2 is 1.64 bits per heavy atom. The summed E-state index contributed by atoms with van der Waals surface area (Å²) in [7, 11) is 1.80. The summed E-state index contributed by atoms with van der Waals surface area (Å²) >= 11 is 0. The smallest absolute Gasteiger partial charge is 0.410 e. The lowest BCUT2D eigenvalue weighted by Gasteiger charge is -2.37. The van der Waals surface area contributed by atoms with Crippen molar-refractivity contribution in [3.8, 4) is 0 Å². The molecule has 144 valence electrons. The first kappa shape index (κ1) is 20.0. The maximum Gasteiger partial charge on any atom is 0.410 e. The van der Waals surface area contributed by atoms with E-state index in [4.69, 9.17) is 4.74 Å². The van der Waals surface area contributed by atoms with Crippen molar-refractivity contribution in [2.24, 2.45) is 0 Å². The first-order valence-electron chi connectivity index (χ1n) is 9.72. The van der Waals surface area contributed by atoms with Crippen molar-refractivity contribution >= 4 is 12.0 Å². The zero-order valence-corrected chi connectivity index (χ0v) is 16.4. The van der Waals surface area contributed by atoms with Crippen LogP contribution in [-0.2, 0) is 9.53 Å². The third kappa shape index (κ3) is 6.49. The van der Waals surface area contributed by atoms with E-state index in [0.29, 0.717) is 6.42 Å². The molecule has 0 aliphatic carbocycles. The van der Waals surface area contributed by atoms with Gasteiger partial charge in [-0.1, -0.05) is 6.42 Å². The van der Waals surface area contributed by atoms with Crippen LogP contribution in [0.5, 0.6) is 0 Å². The average Bonchev–Trinajstić information content (AvgIpc) is 2.58. The van der Waals surface area contributed by atoms with Crippen molar-refractivity contribution in [3.05, 3.63) is 0 Å². The van der Waals surface area contributed by atoms with Crippen LogP contribution in [0.25, 0.3) is 0 Å². The molecule has 0 bridgehead atoms. The molecule has 25 heavy (non-hydrogen) atoms. The van der Waals surface area contributed by atoms with Crippen LogP contribution < -0.4 is 0 Å². The topological polar surface area (TPSA) is 53.1 Å². The molecule has 0 unspecified atom stereocenters. The summed E-state index contributed by atoms with van der Waals surface area (Å²) < 4.78 is 5.43. The number of piperidine rings is 2. The quantitative estimate of drug-likeness (QED) is 0.780. The Bertz CT molecular complexity index is 447. The van der Waals surface area contributed by atoms with Gasteiger partial charge in [0.15, 0.2) is 0 Å². The number of likely N-dealkylation sites (tertiary alicyclic amines) is 2. The normalized spacial score (nSPS) is 20.4. The van der Waals surface area contributed by atoms with Crippen LogP contribution in [0.1, 0.15) is 59.3 Å². The van der Waals surface area contributed by atoms with E-state index < -0.39 is 5.60 Å². The van der Waals surface area contributed by atoms with Gasteiger partial charge in [-0.25, -0.2) is 4.79 Å². The van der Waals surface area contributed by atoms with Gasteiger partial charge in [0.05, 0.1) is 0 Å². The maximum absolute atomic E-state index is 12.4. The third-order valence-corrected chi connectivity index (χ3v) is 5.14. The summed E-state index contributed by atoms with van der Waals surface area (Å²) in [5.74, 6) is 0.254. The summed E-state index contributed by atoms with van der Waals surface area (Å²) in [5, 5.41) is 0. The highest BCUT2D eigenvalue weighted by Crippen LogP contribution is 2.19. The molecule has 0 N–H and O–H groups in total. The number of amides is 2. The lowest BCUT2D eigenvalue weighted by atomic mass is 10.0. The minimum absolute atomic E-state index is 0.154. The Balaban J connectivity index is 1.71. The van der Waals surface area contributed by atoms with Gasteiger partial charge in [0.2, 0.25) is 5.91 Å². The van der Waals surface area contributed by atoms with Crippen LogP contribution in [0.3, 0.4) is 0 Å². The molecule has 2 aliphatic heterocycles. The molecule has 6 heteroatoms. The van der Waals surface area contributed by atoms with Gasteiger partial charge < -0.3 is 19.4 Å². The molecule has 0 saturated carbocycles. The predicted octanol–water partition coefficient (Wildman–Crippen LogP) is 2.72. The van der Waals surface area contributed by atoms with Crippen LogP contribution >= 0.6 is 0 Å². The fraction of sp³-hybridized carbons (Fsp3) is 0.895. The molecule has 2 heterocycles. The molecule has 6 nitrogen and oxygen atoms in total. The van der Waals surface area contributed by atoms with Crippen molar-refractivity contribution in [1.29, 1.82) is 0 Å². The Hall–Kier alpha value is -1.30. The van der Waals surface area contributed by atoms with E-state index in [1.165, 1.54) is 19.3 Å². The Morgan fingerprint density at radius 3 is 2.20 bits per heavy atom. The lowest BCUT2D eigenvalue weighted by Crippen LogP contribution is -2.48. The van der Waals surface area contributed by atoms with E-state index in [1.807, 2.05) is 25.7 Å². The molecule has 0 aromatic heterocycles. The number of ether oxygens (including phenoxy) is 1. The van der Waals surface area contributed by atoms with Crippen molar-refractivity contribution in [3.63, 3.8) is 0 Å². The van der Waals surface area contributed by atoms with E-state index >= 15 is 0 Å². The van der Waals surface area contributed by atoms with Gasteiger partial charge in [-0.15, -0.1) is 0 Å². The number of nitrogens with zero attached hydrogens (tertiary/aromatic N) is 3. The standard InChI is InChI=1S/C19H35N3O3/c1-19(2,3)25-18(24)20(4)16-8-14-22(15-9-16)17(23)10-13-21-11-6-5-7-12-21/h16H,5-15H2,1-4H3. The molecular weight excluding hydrogens is 318 g/mol. The van der Waals surface area contributed by atoms with Crippen molar-refractivity contribution in [2.45, 2.75) is 70.9 Å². The number of hydrogen-bond acceptors (Lipinski definition) is 4. The molecule has 0 aromatic carbocycles. The first-order chi connectivity index (χ1) is 11.8. The van der Waals surface area contributed by atoms with Gasteiger partial charge in [0, 0.05) is 39.1 Å². The van der Waals surface area contributed by atoms with Crippen molar-refractivity contribution in [1.82, 2.24) is 14.7 Å². The van der Waals surface area contributed by atoms with E-state index in [-0.39, 0.29) is 18.0 Å². The zero-order valence-electron chi connectivity index (χ0n) is 16.4. The second-order valence-electron chi connectivity index (χ2n) is 8.36. The third-order valence-electron chi connectivity index (χ3n) is 5.14. The molecule has 2 saturated heterocycles. The van der Waals surface area contributed by atoms with Gasteiger partial charge in [-0.3, -0.25) is 4.79 Å². The summed E-state index contributed by atoms with van der Waals surface area (Å²) in [6.45, 7) is 10.3. The van der Waals surface area contributed by atoms with Crippen molar-refractivity contribution in [2.75, 3.05) is 39.8 Å². The zero-order chi connectivity index (χ0) is 18.4. The molecule has 0 aromatic rings. The summed E-state index contributed by atoms with van der Waals surface area (Å²) in [5.41, 5.74) is -0.476. The second-order valence-corrected chi connectivity index (χ2v) is 8.36. The van der Waals surface area contributed by atoms with Crippen LogP contribution in [-0.4, -0.2) is 78.1 Å². The fourth-order valence-corrected chi connectivity index (χ4v) is 3.58. The van der Waals surface area contributed by atoms with Crippen LogP contribution in [0.4, 0.5) is 4.79 Å². The van der Waals surface area contributed by atoms with E-state index in [1.54, 1.807) is 11.9 Å². The fourth-order valence-electron chi connectivity index (χ4n) is 3.58. The van der Waals surface area contributed by atoms with Crippen LogP contribution in [0.2, 0.25) is 0 Å². The van der Waals surface area contributed by atoms with Gasteiger partial charge in [0.1, 0.15) is 5.60 Å². The number of carbonyl (C=O) groups excluding carboxylic acids is 2. The monoisotopic (exact) mass is 353 g/mol. The Morgan fingerprint density at radius 1 is 1.04 bits per heavy atom. The van der Waals surface area contributed by atoms with Gasteiger partial charge in [-0.05, 0) is 59.5 Å². The minimum Gasteiger partial charge on any atom is -0.444 e. The van der Waals surface area contributed by atoms with Crippen molar-refractivity contribution < 1.29 is 14.3 Å². The maximum atomic E-state index is 12.4. The van der Waals surface area contributed by atoms with Gasteiger partial charge >= 0.3 is 6.09 Å². The summed E-state index contributed by atoms with van der Waals surface area (Å²) in [6.07, 6.45) is 5.83. The minimum atomic E-state index is -0.476. The SMILES string of the molecule is CN(C(=O)OC(C)(C)C)C1CCN(C(=O)CCN2CCCCC2)CC1. The summed E-state index contributed by atoms with van der Waals surface area (Å²) in [4.78, 5) is 30.7. The highest BCUT2D eigenvalue weighted by atomic mass is 16.6. The average molecular weight is 354 g/mol. The number of rotatable bonds is 4. The van der Waals surface area contributed by atoms with E-state index in [9.17, 15) is 9.59 Å². The number of hydrogen-bond donors (Lipinski definition) is 0. The summed E-state index contributed by atoms with van der Waals surface area (Å²) in [6, 6.07) is 0.154. The van der Waals surface area contributed by atoms with E-state index in [0.717, 1.165) is 45.6 Å². The molecule has 2 rings (SSSR count). The molecule has 0 spiro atoms. The van der Waals surface area contributed by atoms with Crippen LogP contribution in [0, 0.1) is 0 Å². The molecular formula is C19H35N3O3. The highest BCUT2D eigenvalue weighted by molar-refractivity contribution is 5.76. The molecule has 0 radical (unpaired) electrons. The van der Waals surface area contributed by atoms with Crippen LogP contribution in [0.15, 0.2) is 0 Å². The number of carbonyl (C=O) groups is 2. The largest absolute Gasteiger partial charge is 0.444 e. The van der Waals surface area contributed by atoms with E-state index in [2.05, 4.69) is 4.90 Å².